The van der Waals surface area contributed by atoms with Crippen molar-refractivity contribution in [2.45, 2.75) is 109 Å². The van der Waals surface area contributed by atoms with E-state index in [1.54, 1.807) is 20.8 Å². The van der Waals surface area contributed by atoms with E-state index in [1.165, 1.54) is 49.5 Å². The third-order valence-electron chi connectivity index (χ3n) is 9.99. The van der Waals surface area contributed by atoms with Crippen LogP contribution in [0.2, 0.25) is 0 Å². The maximum Gasteiger partial charge on any atom is 0.348 e. The third kappa shape index (κ3) is 11.4. The quantitative estimate of drug-likeness (QED) is 0.0757. The average Bonchev–Trinajstić information content (AvgIpc) is 3.21. The van der Waals surface area contributed by atoms with Crippen molar-refractivity contribution in [2.24, 2.45) is 0 Å². The highest BCUT2D eigenvalue weighted by Crippen LogP contribution is 2.45. The number of cyclic esters (lactones) is 2. The summed E-state index contributed by atoms with van der Waals surface area (Å²) < 4.78 is 53.2. The van der Waals surface area contributed by atoms with Crippen LogP contribution in [0.5, 0.6) is 0 Å². The van der Waals surface area contributed by atoms with Crippen molar-refractivity contribution in [1.29, 1.82) is 0 Å². The SMILES string of the molecule is CCOC(=O)CCC1(C)OC(=O)C(C=CC=CC=C2C(=O)OC3(CCC4(CC3)OC(=O)C(=CC=CC=CC3=C(O)OC(CC)(CCC(=O)OCC)OC3=O)C(=O)O4)OC2=O)=C(O)O1. The lowest BCUT2D eigenvalue weighted by molar-refractivity contribution is -0.291. The molecule has 0 bridgehead atoms. The summed E-state index contributed by atoms with van der Waals surface area (Å²) in [7, 11) is 0. The average molecular weight is 883 g/mol. The number of aliphatic hydroxyl groups excluding tert-OH is 2. The van der Waals surface area contributed by atoms with E-state index in [-0.39, 0.29) is 82.1 Å². The second kappa shape index (κ2) is 19.7. The van der Waals surface area contributed by atoms with Crippen molar-refractivity contribution in [3.05, 3.63) is 94.9 Å². The molecule has 0 aromatic rings. The van der Waals surface area contributed by atoms with Gasteiger partial charge in [0.1, 0.15) is 22.3 Å². The molecule has 2 spiro atoms. The normalized spacial score (nSPS) is 27.6. The van der Waals surface area contributed by atoms with Crippen LogP contribution in [0.4, 0.5) is 0 Å². The Hall–Kier alpha value is -7.12. The number of carbonyl (C=O) groups excluding carboxylic acids is 8. The molecule has 0 radical (unpaired) electrons. The zero-order chi connectivity index (χ0) is 46.0. The summed E-state index contributed by atoms with van der Waals surface area (Å²) in [6, 6.07) is 0. The molecular formula is C43H46O20. The molecule has 5 rings (SSSR count). The Morgan fingerprint density at radius 2 is 0.952 bits per heavy atom. The van der Waals surface area contributed by atoms with Gasteiger partial charge in [0, 0.05) is 51.9 Å². The molecule has 63 heavy (non-hydrogen) atoms. The lowest BCUT2D eigenvalue weighted by Gasteiger charge is -2.45. The van der Waals surface area contributed by atoms with Gasteiger partial charge in [-0.05, 0) is 38.2 Å². The van der Waals surface area contributed by atoms with Crippen LogP contribution in [0.15, 0.2) is 94.9 Å². The van der Waals surface area contributed by atoms with Crippen LogP contribution in [-0.4, -0.2) is 94.3 Å². The Kier molecular flexibility index (Phi) is 14.7. The summed E-state index contributed by atoms with van der Waals surface area (Å²) in [4.78, 5) is 100. The van der Waals surface area contributed by atoms with Crippen LogP contribution in [0.1, 0.15) is 85.5 Å². The van der Waals surface area contributed by atoms with Crippen molar-refractivity contribution in [3.8, 4) is 0 Å². The van der Waals surface area contributed by atoms with Crippen LogP contribution in [0, 0.1) is 0 Å². The Morgan fingerprint density at radius 3 is 1.35 bits per heavy atom. The van der Waals surface area contributed by atoms with Gasteiger partial charge in [0.25, 0.3) is 35.0 Å². The molecule has 4 aliphatic heterocycles. The molecular weight excluding hydrogens is 836 g/mol. The van der Waals surface area contributed by atoms with E-state index in [0.29, 0.717) is 0 Å². The minimum Gasteiger partial charge on any atom is -0.480 e. The van der Waals surface area contributed by atoms with Crippen LogP contribution in [-0.2, 0) is 85.7 Å². The van der Waals surface area contributed by atoms with Gasteiger partial charge in [0.2, 0.25) is 0 Å². The minimum absolute atomic E-state index is 0.0475. The van der Waals surface area contributed by atoms with Crippen LogP contribution < -0.4 is 0 Å². The van der Waals surface area contributed by atoms with E-state index in [1.807, 2.05) is 0 Å². The number of carbonyl (C=O) groups is 8. The molecule has 3 fully saturated rings. The maximum atomic E-state index is 12.9. The van der Waals surface area contributed by atoms with Crippen molar-refractivity contribution >= 4 is 47.8 Å². The second-order valence-corrected chi connectivity index (χ2v) is 14.5. The van der Waals surface area contributed by atoms with E-state index in [4.69, 9.17) is 47.4 Å². The predicted octanol–water partition coefficient (Wildman–Crippen LogP) is 4.43. The van der Waals surface area contributed by atoms with E-state index >= 15 is 0 Å². The molecule has 0 aromatic carbocycles. The Balaban J connectivity index is 1.11. The first-order valence-electron chi connectivity index (χ1n) is 20.0. The number of hydrogen-bond acceptors (Lipinski definition) is 20. The Bertz CT molecular complexity index is 2110. The van der Waals surface area contributed by atoms with Gasteiger partial charge in [0.05, 0.1) is 26.1 Å². The largest absolute Gasteiger partial charge is 0.480 e. The molecule has 5 aliphatic rings. The first-order chi connectivity index (χ1) is 29.9. The number of ether oxygens (including phenoxy) is 10. The van der Waals surface area contributed by atoms with Gasteiger partial charge < -0.3 is 57.6 Å². The van der Waals surface area contributed by atoms with Crippen molar-refractivity contribution in [2.75, 3.05) is 13.2 Å². The topological polar surface area (TPSA) is 269 Å². The summed E-state index contributed by atoms with van der Waals surface area (Å²) in [5.41, 5.74) is -1.56. The van der Waals surface area contributed by atoms with Gasteiger partial charge in [-0.2, -0.15) is 0 Å². The number of esters is 8. The smallest absolute Gasteiger partial charge is 0.348 e. The number of allylic oxidation sites excluding steroid dienone is 8. The van der Waals surface area contributed by atoms with Crippen molar-refractivity contribution in [1.82, 2.24) is 0 Å². The van der Waals surface area contributed by atoms with Gasteiger partial charge in [0.15, 0.2) is 0 Å². The highest BCUT2D eigenvalue weighted by molar-refractivity contribution is 6.16. The van der Waals surface area contributed by atoms with Gasteiger partial charge in [-0.3, -0.25) is 9.59 Å². The Labute approximate surface area is 360 Å². The molecule has 0 aromatic heterocycles. The van der Waals surface area contributed by atoms with Gasteiger partial charge in [-0.15, -0.1) is 0 Å². The van der Waals surface area contributed by atoms with E-state index in [0.717, 1.165) is 18.2 Å². The fourth-order valence-corrected chi connectivity index (χ4v) is 6.61. The zero-order valence-corrected chi connectivity index (χ0v) is 34.8. The molecule has 338 valence electrons. The highest BCUT2D eigenvalue weighted by atomic mass is 16.8. The molecule has 1 aliphatic carbocycles. The molecule has 0 amide bonds. The zero-order valence-electron chi connectivity index (χ0n) is 34.8. The Morgan fingerprint density at radius 1 is 0.540 bits per heavy atom. The summed E-state index contributed by atoms with van der Waals surface area (Å²) in [5.74, 6) is -15.0. The monoisotopic (exact) mass is 882 g/mol. The third-order valence-corrected chi connectivity index (χ3v) is 9.99. The van der Waals surface area contributed by atoms with Crippen molar-refractivity contribution < 1.29 is 95.9 Å². The van der Waals surface area contributed by atoms with Crippen LogP contribution >= 0.6 is 0 Å². The van der Waals surface area contributed by atoms with Crippen LogP contribution in [0.3, 0.4) is 0 Å². The highest BCUT2D eigenvalue weighted by Gasteiger charge is 2.57. The maximum absolute atomic E-state index is 12.9. The fourth-order valence-electron chi connectivity index (χ4n) is 6.61. The molecule has 1 saturated carbocycles. The summed E-state index contributed by atoms with van der Waals surface area (Å²) in [6.07, 6.45) is 11.4. The van der Waals surface area contributed by atoms with E-state index in [2.05, 4.69) is 0 Å². The van der Waals surface area contributed by atoms with E-state index in [9.17, 15) is 48.6 Å². The molecule has 2 atom stereocenters. The van der Waals surface area contributed by atoms with Gasteiger partial charge in [-0.25, -0.2) is 28.8 Å². The standard InChI is InChI=1S/C43H46O20/c1-5-41(21-19-31(45)55-7-3)58-34(48)27(35(49)59-41)15-11-9-13-17-29-38(52)62-43(63-39(29)53)24-22-42(23-25-43)60-36(50)28(37(51)61-42)16-12-8-10-14-26-32(46)56-40(4,57-33(26)47)20-18-30(44)54-6-2/h8-17,46,48H,5-7,18-25H2,1-4H3. The molecule has 20 nitrogen and oxygen atoms in total. The first-order valence-corrected chi connectivity index (χ1v) is 20.0. The van der Waals surface area contributed by atoms with Crippen LogP contribution in [0.25, 0.3) is 0 Å². The van der Waals surface area contributed by atoms with Gasteiger partial charge in [-0.1, -0.05) is 43.4 Å². The molecule has 2 unspecified atom stereocenters. The minimum atomic E-state index is -1.72. The summed E-state index contributed by atoms with van der Waals surface area (Å²) >= 11 is 0. The lowest BCUT2D eigenvalue weighted by Crippen LogP contribution is -2.56. The van der Waals surface area contributed by atoms with Gasteiger partial charge >= 0.3 is 47.8 Å². The predicted molar refractivity (Wildman–Crippen MR) is 208 cm³/mol. The van der Waals surface area contributed by atoms with Crippen molar-refractivity contribution in [3.63, 3.8) is 0 Å². The molecule has 4 heterocycles. The first kappa shape index (κ1) is 46.9. The second-order valence-electron chi connectivity index (χ2n) is 14.5. The number of hydrogen-bond donors (Lipinski definition) is 2. The summed E-state index contributed by atoms with van der Waals surface area (Å²) in [6.45, 7) is 6.67. The fraction of sp³-hybridized carbons (Fsp3) is 0.442. The number of aliphatic hydroxyl groups is 2. The molecule has 2 N–H and O–H groups in total. The molecule has 2 saturated heterocycles. The number of rotatable bonds is 15. The van der Waals surface area contributed by atoms with E-state index < -0.39 is 93.9 Å². The molecule has 20 heteroatoms. The lowest BCUT2D eigenvalue weighted by atomic mass is 9.87. The summed E-state index contributed by atoms with van der Waals surface area (Å²) in [5, 5.41) is 20.7.